The van der Waals surface area contributed by atoms with Crippen LogP contribution in [0.25, 0.3) is 5.82 Å². The normalized spacial score (nSPS) is 11.4. The first-order valence-electron chi connectivity index (χ1n) is 7.93. The largest absolute Gasteiger partial charge is 0.369 e. The molecule has 0 aliphatic rings. The summed E-state index contributed by atoms with van der Waals surface area (Å²) in [4.78, 5) is 8.33. The molecule has 1 aromatic carbocycles. The van der Waals surface area contributed by atoms with E-state index in [9.17, 15) is 8.42 Å². The Hall–Kier alpha value is -2.42. The summed E-state index contributed by atoms with van der Waals surface area (Å²) in [5.74, 6) is 1.24. The van der Waals surface area contributed by atoms with Crippen molar-refractivity contribution in [1.82, 2.24) is 19.3 Å². The van der Waals surface area contributed by atoms with Gasteiger partial charge in [-0.1, -0.05) is 23.7 Å². The van der Waals surface area contributed by atoms with E-state index in [2.05, 4.69) is 20.0 Å². The molecule has 0 amide bonds. The lowest BCUT2D eigenvalue weighted by Crippen LogP contribution is -2.30. The standard InChI is InChI=1S/C17H18ClN5O2S/c18-15-5-3-4-14(10-15)12-26(24,25)22-7-6-19-16-11-17(21-13-20-16)23-8-1-2-9-23/h1-5,8-11,13,22H,6-7,12H2,(H,19,20,21). The predicted octanol–water partition coefficient (Wildman–Crippen LogP) is 2.45. The third-order valence-electron chi connectivity index (χ3n) is 3.52. The van der Waals surface area contributed by atoms with E-state index in [1.54, 1.807) is 30.3 Å². The van der Waals surface area contributed by atoms with Gasteiger partial charge in [-0.25, -0.2) is 23.1 Å². The second-order valence-electron chi connectivity index (χ2n) is 5.56. The summed E-state index contributed by atoms with van der Waals surface area (Å²) in [6.45, 7) is 0.642. The van der Waals surface area contributed by atoms with E-state index in [1.807, 2.05) is 29.1 Å². The molecule has 2 N–H and O–H groups in total. The van der Waals surface area contributed by atoms with Crippen molar-refractivity contribution >= 4 is 27.4 Å². The highest BCUT2D eigenvalue weighted by molar-refractivity contribution is 7.88. The lowest BCUT2D eigenvalue weighted by Gasteiger charge is -2.09. The van der Waals surface area contributed by atoms with Crippen LogP contribution >= 0.6 is 11.6 Å². The third-order valence-corrected chi connectivity index (χ3v) is 5.11. The van der Waals surface area contributed by atoms with Gasteiger partial charge in [0.2, 0.25) is 10.0 Å². The molecule has 0 saturated carbocycles. The first kappa shape index (κ1) is 18.4. The van der Waals surface area contributed by atoms with Gasteiger partial charge in [0.1, 0.15) is 18.0 Å². The number of aromatic nitrogens is 3. The summed E-state index contributed by atoms with van der Waals surface area (Å²) in [5, 5.41) is 3.60. The Morgan fingerprint density at radius 2 is 1.85 bits per heavy atom. The van der Waals surface area contributed by atoms with E-state index in [0.717, 1.165) is 5.82 Å². The monoisotopic (exact) mass is 391 g/mol. The quantitative estimate of drug-likeness (QED) is 0.576. The van der Waals surface area contributed by atoms with Crippen LogP contribution in [0.15, 0.2) is 61.2 Å². The van der Waals surface area contributed by atoms with Crippen molar-refractivity contribution in [2.45, 2.75) is 5.75 Å². The van der Waals surface area contributed by atoms with Crippen molar-refractivity contribution in [2.75, 3.05) is 18.4 Å². The van der Waals surface area contributed by atoms with Gasteiger partial charge in [-0.2, -0.15) is 0 Å². The molecule has 0 fully saturated rings. The van der Waals surface area contributed by atoms with Crippen LogP contribution in [-0.4, -0.2) is 36.0 Å². The molecule has 136 valence electrons. The maximum absolute atomic E-state index is 12.1. The molecule has 0 saturated heterocycles. The zero-order valence-electron chi connectivity index (χ0n) is 13.8. The SMILES string of the molecule is O=S(=O)(Cc1cccc(Cl)c1)NCCNc1cc(-n2cccc2)ncn1. The number of halogens is 1. The number of nitrogens with one attached hydrogen (secondary N) is 2. The van der Waals surface area contributed by atoms with E-state index in [0.29, 0.717) is 22.9 Å². The van der Waals surface area contributed by atoms with Crippen LogP contribution in [0.5, 0.6) is 0 Å². The van der Waals surface area contributed by atoms with Gasteiger partial charge in [0.05, 0.1) is 5.75 Å². The van der Waals surface area contributed by atoms with Crippen molar-refractivity contribution in [3.63, 3.8) is 0 Å². The molecular weight excluding hydrogens is 374 g/mol. The molecule has 26 heavy (non-hydrogen) atoms. The second-order valence-corrected chi connectivity index (χ2v) is 7.81. The maximum atomic E-state index is 12.1. The summed E-state index contributed by atoms with van der Waals surface area (Å²) in [7, 11) is -3.43. The molecule has 9 heteroatoms. The van der Waals surface area contributed by atoms with Gasteiger partial charge >= 0.3 is 0 Å². The Balaban J connectivity index is 1.50. The summed E-state index contributed by atoms with van der Waals surface area (Å²) >= 11 is 5.88. The van der Waals surface area contributed by atoms with Crippen LogP contribution in [0.4, 0.5) is 5.82 Å². The number of sulfonamides is 1. The second kappa shape index (κ2) is 8.31. The number of nitrogens with zero attached hydrogens (tertiary/aromatic N) is 3. The molecule has 2 heterocycles. The highest BCUT2D eigenvalue weighted by Crippen LogP contribution is 2.13. The Morgan fingerprint density at radius 1 is 1.04 bits per heavy atom. The number of benzene rings is 1. The minimum atomic E-state index is -3.43. The fraction of sp³-hybridized carbons (Fsp3) is 0.176. The minimum absolute atomic E-state index is 0.112. The lowest BCUT2D eigenvalue weighted by atomic mass is 10.2. The van der Waals surface area contributed by atoms with Gasteiger partial charge in [0, 0.05) is 36.6 Å². The summed E-state index contributed by atoms with van der Waals surface area (Å²) in [6.07, 6.45) is 5.23. The zero-order chi connectivity index (χ0) is 18.4. The Kier molecular flexibility index (Phi) is 5.87. The molecule has 0 unspecified atom stereocenters. The van der Waals surface area contributed by atoms with E-state index in [-0.39, 0.29) is 12.3 Å². The van der Waals surface area contributed by atoms with Crippen molar-refractivity contribution in [2.24, 2.45) is 0 Å². The molecular formula is C17H18ClN5O2S. The maximum Gasteiger partial charge on any atom is 0.215 e. The van der Waals surface area contributed by atoms with E-state index in [1.165, 1.54) is 6.33 Å². The number of rotatable bonds is 8. The van der Waals surface area contributed by atoms with Crippen LogP contribution in [0.1, 0.15) is 5.56 Å². The summed E-state index contributed by atoms with van der Waals surface area (Å²) < 4.78 is 28.7. The van der Waals surface area contributed by atoms with E-state index < -0.39 is 10.0 Å². The number of hydrogen-bond acceptors (Lipinski definition) is 5. The molecule has 0 radical (unpaired) electrons. The van der Waals surface area contributed by atoms with Gasteiger partial charge in [0.25, 0.3) is 0 Å². The van der Waals surface area contributed by atoms with Crippen LogP contribution in [0, 0.1) is 0 Å². The Labute approximate surface area is 157 Å². The predicted molar refractivity (Wildman–Crippen MR) is 102 cm³/mol. The van der Waals surface area contributed by atoms with Crippen molar-refractivity contribution < 1.29 is 8.42 Å². The van der Waals surface area contributed by atoms with Crippen molar-refractivity contribution in [1.29, 1.82) is 0 Å². The smallest absolute Gasteiger partial charge is 0.215 e. The van der Waals surface area contributed by atoms with Crippen LogP contribution < -0.4 is 10.0 Å². The molecule has 0 aliphatic carbocycles. The van der Waals surface area contributed by atoms with Crippen LogP contribution in [0.2, 0.25) is 5.02 Å². The molecule has 0 aliphatic heterocycles. The summed E-state index contributed by atoms with van der Waals surface area (Å²) in [6, 6.07) is 12.4. The molecule has 3 rings (SSSR count). The zero-order valence-corrected chi connectivity index (χ0v) is 15.4. The number of hydrogen-bond donors (Lipinski definition) is 2. The average Bonchev–Trinajstić information content (AvgIpc) is 3.13. The average molecular weight is 392 g/mol. The van der Waals surface area contributed by atoms with Crippen molar-refractivity contribution in [3.8, 4) is 5.82 Å². The third kappa shape index (κ3) is 5.29. The van der Waals surface area contributed by atoms with E-state index in [4.69, 9.17) is 11.6 Å². The van der Waals surface area contributed by atoms with E-state index >= 15 is 0 Å². The Morgan fingerprint density at radius 3 is 2.62 bits per heavy atom. The molecule has 0 bridgehead atoms. The molecule has 7 nitrogen and oxygen atoms in total. The molecule has 2 aromatic heterocycles. The fourth-order valence-electron chi connectivity index (χ4n) is 2.37. The summed E-state index contributed by atoms with van der Waals surface area (Å²) in [5.41, 5.74) is 0.644. The molecule has 0 spiro atoms. The lowest BCUT2D eigenvalue weighted by molar-refractivity contribution is 0.582. The Bertz CT molecular complexity index is 961. The highest BCUT2D eigenvalue weighted by Gasteiger charge is 2.11. The van der Waals surface area contributed by atoms with Gasteiger partial charge < -0.3 is 9.88 Å². The van der Waals surface area contributed by atoms with Gasteiger partial charge in [-0.3, -0.25) is 0 Å². The van der Waals surface area contributed by atoms with Gasteiger partial charge in [-0.15, -0.1) is 0 Å². The number of anilines is 1. The minimum Gasteiger partial charge on any atom is -0.369 e. The fourth-order valence-corrected chi connectivity index (χ4v) is 3.71. The van der Waals surface area contributed by atoms with Crippen molar-refractivity contribution in [3.05, 3.63) is 71.8 Å². The topological polar surface area (TPSA) is 88.9 Å². The van der Waals surface area contributed by atoms with Crippen LogP contribution in [-0.2, 0) is 15.8 Å². The van der Waals surface area contributed by atoms with Crippen LogP contribution in [0.3, 0.4) is 0 Å². The first-order chi connectivity index (χ1) is 12.5. The van der Waals surface area contributed by atoms with Gasteiger partial charge in [-0.05, 0) is 29.8 Å². The highest BCUT2D eigenvalue weighted by atomic mass is 35.5. The van der Waals surface area contributed by atoms with Gasteiger partial charge in [0.15, 0.2) is 0 Å². The molecule has 3 aromatic rings. The first-order valence-corrected chi connectivity index (χ1v) is 9.96. The molecule has 0 atom stereocenters.